The number of carbonyl (C=O) groups excluding carboxylic acids is 1. The summed E-state index contributed by atoms with van der Waals surface area (Å²) in [5.41, 5.74) is 1.46. The van der Waals surface area contributed by atoms with Crippen LogP contribution in [0.1, 0.15) is 24.0 Å². The predicted octanol–water partition coefficient (Wildman–Crippen LogP) is 3.86. The number of nitrogens with one attached hydrogen (secondary N) is 2. The second-order valence-corrected chi connectivity index (χ2v) is 9.11. The summed E-state index contributed by atoms with van der Waals surface area (Å²) < 4.78 is 10.8. The van der Waals surface area contributed by atoms with Crippen molar-refractivity contribution in [2.75, 3.05) is 34.0 Å². The largest absolute Gasteiger partial charge is 0.481 e. The Morgan fingerprint density at radius 3 is 2.51 bits per heavy atom. The van der Waals surface area contributed by atoms with E-state index in [0.29, 0.717) is 21.9 Å². The second-order valence-electron chi connectivity index (χ2n) is 8.67. The standard InChI is InChI=1S/C27H31ClN2O5/c1-27(17-35-3)24(26(32)33)22(19-12-7-13-20(28)15-19)23(21(30-27)16-34-2)25(31)29-14-8-11-18-9-5-4-6-10-18/h4-13,15,22,24,30H,14,16-17H2,1-3H3,(H,29,31)(H,32,33). The van der Waals surface area contributed by atoms with Crippen LogP contribution in [-0.2, 0) is 19.1 Å². The molecule has 0 saturated carbocycles. The van der Waals surface area contributed by atoms with Crippen LogP contribution in [0.25, 0.3) is 6.08 Å². The molecule has 3 rings (SSSR count). The monoisotopic (exact) mass is 498 g/mol. The second kappa shape index (κ2) is 12.0. The van der Waals surface area contributed by atoms with Gasteiger partial charge < -0.3 is 25.2 Å². The van der Waals surface area contributed by atoms with Crippen LogP contribution in [0.15, 0.2) is 71.9 Å². The normalized spacial score (nSPS) is 22.2. The highest BCUT2D eigenvalue weighted by molar-refractivity contribution is 6.30. The molecule has 0 fully saturated rings. The van der Waals surface area contributed by atoms with E-state index in [4.69, 9.17) is 21.1 Å². The molecule has 0 aliphatic carbocycles. The predicted molar refractivity (Wildman–Crippen MR) is 136 cm³/mol. The third-order valence-electron chi connectivity index (χ3n) is 6.03. The molecule has 35 heavy (non-hydrogen) atoms. The van der Waals surface area contributed by atoms with Crippen LogP contribution in [0.4, 0.5) is 0 Å². The van der Waals surface area contributed by atoms with Crippen molar-refractivity contribution in [3.63, 3.8) is 0 Å². The van der Waals surface area contributed by atoms with Crippen LogP contribution in [0.5, 0.6) is 0 Å². The molecule has 2 aromatic carbocycles. The van der Waals surface area contributed by atoms with Crippen molar-refractivity contribution in [2.24, 2.45) is 5.92 Å². The maximum atomic E-state index is 13.5. The Labute approximate surface area is 210 Å². The number of methoxy groups -OCH3 is 2. The number of carboxylic acids is 1. The lowest BCUT2D eigenvalue weighted by Gasteiger charge is -2.46. The molecule has 0 saturated heterocycles. The molecule has 1 aliphatic rings. The number of aliphatic carboxylic acids is 1. The van der Waals surface area contributed by atoms with Crippen LogP contribution in [0.3, 0.4) is 0 Å². The molecule has 186 valence electrons. The summed E-state index contributed by atoms with van der Waals surface area (Å²) in [5, 5.41) is 17.0. The van der Waals surface area contributed by atoms with Gasteiger partial charge in [0.25, 0.3) is 0 Å². The summed E-state index contributed by atoms with van der Waals surface area (Å²) in [6, 6.07) is 16.7. The molecule has 3 atom stereocenters. The Morgan fingerprint density at radius 2 is 1.89 bits per heavy atom. The zero-order valence-corrected chi connectivity index (χ0v) is 20.8. The SMILES string of the molecule is COCC1=C(C(=O)NCC=Cc2ccccc2)C(c2cccc(Cl)c2)C(C(=O)O)C(C)(COC)N1. The van der Waals surface area contributed by atoms with E-state index in [9.17, 15) is 14.7 Å². The van der Waals surface area contributed by atoms with Crippen molar-refractivity contribution in [1.29, 1.82) is 0 Å². The number of rotatable bonds is 10. The molecular weight excluding hydrogens is 468 g/mol. The first-order valence-corrected chi connectivity index (χ1v) is 11.7. The number of carboxylic acid groups (broad SMARTS) is 1. The maximum absolute atomic E-state index is 13.5. The van der Waals surface area contributed by atoms with Gasteiger partial charge in [-0.3, -0.25) is 9.59 Å². The highest BCUT2D eigenvalue weighted by atomic mass is 35.5. The molecular formula is C27H31ClN2O5. The summed E-state index contributed by atoms with van der Waals surface area (Å²) in [6.45, 7) is 2.26. The fraction of sp³-hybridized carbons (Fsp3) is 0.333. The van der Waals surface area contributed by atoms with E-state index < -0.39 is 23.3 Å². The fourth-order valence-corrected chi connectivity index (χ4v) is 4.85. The maximum Gasteiger partial charge on any atom is 0.309 e. The molecule has 8 heteroatoms. The van der Waals surface area contributed by atoms with Crippen molar-refractivity contribution >= 4 is 29.6 Å². The van der Waals surface area contributed by atoms with E-state index >= 15 is 0 Å². The average Bonchev–Trinajstić information content (AvgIpc) is 2.82. The number of ether oxygens (including phenoxy) is 2. The number of hydrogen-bond donors (Lipinski definition) is 3. The molecule has 1 heterocycles. The van der Waals surface area contributed by atoms with Crippen molar-refractivity contribution in [3.8, 4) is 0 Å². The van der Waals surface area contributed by atoms with Crippen LogP contribution < -0.4 is 10.6 Å². The van der Waals surface area contributed by atoms with Gasteiger partial charge in [-0.15, -0.1) is 0 Å². The molecule has 1 amide bonds. The highest BCUT2D eigenvalue weighted by Crippen LogP contribution is 2.44. The Hall–Kier alpha value is -3.13. The summed E-state index contributed by atoms with van der Waals surface area (Å²) in [4.78, 5) is 26.2. The van der Waals surface area contributed by atoms with Gasteiger partial charge in [-0.1, -0.05) is 66.2 Å². The summed E-state index contributed by atoms with van der Waals surface area (Å²) in [5.74, 6) is -3.22. The van der Waals surface area contributed by atoms with Gasteiger partial charge in [-0.2, -0.15) is 0 Å². The minimum Gasteiger partial charge on any atom is -0.481 e. The van der Waals surface area contributed by atoms with Crippen molar-refractivity contribution in [3.05, 3.63) is 88.1 Å². The van der Waals surface area contributed by atoms with Crippen molar-refractivity contribution in [2.45, 2.75) is 18.4 Å². The van der Waals surface area contributed by atoms with Crippen LogP contribution in [-0.4, -0.2) is 56.5 Å². The van der Waals surface area contributed by atoms with Gasteiger partial charge in [0.1, 0.15) is 0 Å². The minimum absolute atomic E-state index is 0.102. The Bertz CT molecular complexity index is 1100. The van der Waals surface area contributed by atoms with Gasteiger partial charge in [0.2, 0.25) is 5.91 Å². The minimum atomic E-state index is -1.05. The third-order valence-corrected chi connectivity index (χ3v) is 6.27. The molecule has 0 radical (unpaired) electrons. The molecule has 7 nitrogen and oxygen atoms in total. The topological polar surface area (TPSA) is 96.9 Å². The first-order chi connectivity index (χ1) is 16.8. The average molecular weight is 499 g/mol. The Balaban J connectivity index is 2.03. The molecule has 1 aliphatic heterocycles. The third kappa shape index (κ3) is 6.31. The first-order valence-electron chi connectivity index (χ1n) is 11.3. The number of hydrogen-bond acceptors (Lipinski definition) is 5. The van der Waals surface area contributed by atoms with Gasteiger partial charge in [0, 0.05) is 43.0 Å². The number of amides is 1. The van der Waals surface area contributed by atoms with E-state index in [0.717, 1.165) is 5.56 Å². The van der Waals surface area contributed by atoms with Gasteiger partial charge >= 0.3 is 5.97 Å². The smallest absolute Gasteiger partial charge is 0.309 e. The quantitative estimate of drug-likeness (QED) is 0.460. The van der Waals surface area contributed by atoms with Crippen LogP contribution >= 0.6 is 11.6 Å². The summed E-state index contributed by atoms with van der Waals surface area (Å²) in [7, 11) is 3.04. The number of halogens is 1. The number of carbonyl (C=O) groups is 2. The van der Waals surface area contributed by atoms with Crippen molar-refractivity contribution in [1.82, 2.24) is 10.6 Å². The lowest BCUT2D eigenvalue weighted by Crippen LogP contribution is -2.61. The summed E-state index contributed by atoms with van der Waals surface area (Å²) in [6.07, 6.45) is 3.76. The lowest BCUT2D eigenvalue weighted by atomic mass is 9.67. The first kappa shape index (κ1) is 26.5. The van der Waals surface area contributed by atoms with E-state index in [1.54, 1.807) is 31.2 Å². The van der Waals surface area contributed by atoms with Gasteiger partial charge in [0.05, 0.1) is 24.7 Å². The molecule has 2 aromatic rings. The van der Waals surface area contributed by atoms with E-state index in [2.05, 4.69) is 10.6 Å². The highest BCUT2D eigenvalue weighted by Gasteiger charge is 2.52. The summed E-state index contributed by atoms with van der Waals surface area (Å²) >= 11 is 6.27. The van der Waals surface area contributed by atoms with Gasteiger partial charge in [-0.25, -0.2) is 0 Å². The fourth-order valence-electron chi connectivity index (χ4n) is 4.65. The zero-order chi connectivity index (χ0) is 25.4. The van der Waals surface area contributed by atoms with E-state index in [-0.39, 0.29) is 25.7 Å². The van der Waals surface area contributed by atoms with Gasteiger partial charge in [-0.05, 0) is 30.2 Å². The molecule has 3 unspecified atom stereocenters. The molecule has 0 aromatic heterocycles. The molecule has 3 N–H and O–H groups in total. The lowest BCUT2D eigenvalue weighted by molar-refractivity contribution is -0.147. The Kier molecular flexibility index (Phi) is 9.09. The zero-order valence-electron chi connectivity index (χ0n) is 20.1. The van der Waals surface area contributed by atoms with Gasteiger partial charge in [0.15, 0.2) is 0 Å². The molecule has 0 bridgehead atoms. The van der Waals surface area contributed by atoms with Crippen molar-refractivity contribution < 1.29 is 24.2 Å². The molecule has 0 spiro atoms. The Morgan fingerprint density at radius 1 is 1.14 bits per heavy atom. The van der Waals surface area contributed by atoms with E-state index in [1.807, 2.05) is 42.5 Å². The van der Waals surface area contributed by atoms with Crippen LogP contribution in [0, 0.1) is 5.92 Å². The van der Waals surface area contributed by atoms with Crippen LogP contribution in [0.2, 0.25) is 5.02 Å². The number of benzene rings is 2. The van der Waals surface area contributed by atoms with E-state index in [1.165, 1.54) is 14.2 Å².